The molecule has 0 aliphatic rings. The van der Waals surface area contributed by atoms with Crippen molar-refractivity contribution < 1.29 is 13.2 Å². The zero-order valence-corrected chi connectivity index (χ0v) is 16.6. The second-order valence-electron chi connectivity index (χ2n) is 6.81. The fourth-order valence-electron chi connectivity index (χ4n) is 3.07. The van der Waals surface area contributed by atoms with Gasteiger partial charge in [0.15, 0.2) is 0 Å². The number of aromatic nitrogens is 8. The van der Waals surface area contributed by atoms with Crippen LogP contribution in [0, 0.1) is 0 Å². The molecule has 4 heterocycles. The van der Waals surface area contributed by atoms with Gasteiger partial charge in [-0.3, -0.25) is 0 Å². The number of nitrogens with one attached hydrogen (secondary N) is 2. The molecule has 0 saturated carbocycles. The van der Waals surface area contributed by atoms with Crippen LogP contribution in [0.15, 0.2) is 61.6 Å². The van der Waals surface area contributed by atoms with E-state index in [2.05, 4.69) is 40.7 Å². The lowest BCUT2D eigenvalue weighted by Gasteiger charge is -2.13. The largest absolute Gasteiger partial charge is 0.416 e. The van der Waals surface area contributed by atoms with Crippen LogP contribution in [0.25, 0.3) is 11.3 Å². The third-order valence-electron chi connectivity index (χ3n) is 4.49. The monoisotopic (exact) mass is 453 g/mol. The van der Waals surface area contributed by atoms with Crippen LogP contribution < -0.4 is 16.4 Å². The van der Waals surface area contributed by atoms with E-state index in [0.717, 1.165) is 12.1 Å². The summed E-state index contributed by atoms with van der Waals surface area (Å²) in [4.78, 5) is 20.2. The number of halogens is 3. The highest BCUT2D eigenvalue weighted by molar-refractivity contribution is 5.63. The fourth-order valence-corrected chi connectivity index (χ4v) is 3.07. The minimum absolute atomic E-state index is 0.0456. The lowest BCUT2D eigenvalue weighted by Crippen LogP contribution is -2.10. The quantitative estimate of drug-likeness (QED) is 0.366. The normalized spacial score (nSPS) is 11.6. The molecule has 166 valence electrons. The highest BCUT2D eigenvalue weighted by Crippen LogP contribution is 2.33. The molecular formula is C19H14F3N11. The van der Waals surface area contributed by atoms with Crippen molar-refractivity contribution >= 4 is 34.9 Å². The Labute approximate surface area is 183 Å². The molecular weight excluding hydrogens is 439 g/mol. The van der Waals surface area contributed by atoms with E-state index in [1.807, 2.05) is 4.40 Å². The third kappa shape index (κ3) is 4.34. The number of imidazole rings is 1. The van der Waals surface area contributed by atoms with Gasteiger partial charge in [0, 0.05) is 36.0 Å². The number of pyridine rings is 1. The van der Waals surface area contributed by atoms with E-state index in [1.54, 1.807) is 30.7 Å². The summed E-state index contributed by atoms with van der Waals surface area (Å²) in [6, 6.07) is 6.88. The molecule has 0 spiro atoms. The average Bonchev–Trinajstić information content (AvgIpc) is 3.44. The van der Waals surface area contributed by atoms with Crippen LogP contribution in [0.3, 0.4) is 0 Å². The number of alkyl halides is 3. The molecule has 14 heteroatoms. The molecule has 33 heavy (non-hydrogen) atoms. The van der Waals surface area contributed by atoms with Gasteiger partial charge in [-0.2, -0.15) is 33.2 Å². The van der Waals surface area contributed by atoms with E-state index in [9.17, 15) is 13.2 Å². The Kier molecular flexibility index (Phi) is 4.73. The molecule has 5 rings (SSSR count). The maximum Gasteiger partial charge on any atom is 0.416 e. The molecule has 4 N–H and O–H groups in total. The van der Waals surface area contributed by atoms with Gasteiger partial charge in [-0.25, -0.2) is 14.6 Å². The van der Waals surface area contributed by atoms with Crippen LogP contribution in [0.2, 0.25) is 0 Å². The van der Waals surface area contributed by atoms with Crippen molar-refractivity contribution in [3.05, 3.63) is 67.1 Å². The van der Waals surface area contributed by atoms with Crippen molar-refractivity contribution in [1.82, 2.24) is 39.1 Å². The summed E-state index contributed by atoms with van der Waals surface area (Å²) in [5.74, 6) is -0.0690. The minimum Gasteiger partial charge on any atom is -0.368 e. The topological polar surface area (TPSA) is 137 Å². The van der Waals surface area contributed by atoms with Crippen molar-refractivity contribution in [3.63, 3.8) is 0 Å². The summed E-state index contributed by atoms with van der Waals surface area (Å²) in [5, 5.41) is 9.62. The molecule has 5 aromatic rings. The highest BCUT2D eigenvalue weighted by atomic mass is 19.4. The van der Waals surface area contributed by atoms with E-state index in [4.69, 9.17) is 5.73 Å². The summed E-state index contributed by atoms with van der Waals surface area (Å²) in [6.07, 6.45) is 3.18. The predicted octanol–water partition coefficient (Wildman–Crippen LogP) is 3.19. The molecule has 0 amide bonds. The van der Waals surface area contributed by atoms with Gasteiger partial charge in [-0.15, -0.1) is 0 Å². The number of benzene rings is 1. The second-order valence-corrected chi connectivity index (χ2v) is 6.81. The van der Waals surface area contributed by atoms with Crippen molar-refractivity contribution in [2.45, 2.75) is 6.18 Å². The molecule has 4 aromatic heterocycles. The fraction of sp³-hybridized carbons (Fsp3) is 0.0526. The summed E-state index contributed by atoms with van der Waals surface area (Å²) in [6.45, 7) is 0. The maximum atomic E-state index is 13.4. The second kappa shape index (κ2) is 7.74. The predicted molar refractivity (Wildman–Crippen MR) is 112 cm³/mol. The molecule has 11 nitrogen and oxygen atoms in total. The van der Waals surface area contributed by atoms with E-state index in [-0.39, 0.29) is 29.2 Å². The van der Waals surface area contributed by atoms with Crippen LogP contribution in [-0.2, 0) is 6.18 Å². The van der Waals surface area contributed by atoms with Gasteiger partial charge in [0.05, 0.1) is 11.3 Å². The third-order valence-corrected chi connectivity index (χ3v) is 4.49. The van der Waals surface area contributed by atoms with Gasteiger partial charge < -0.3 is 20.8 Å². The number of anilines is 5. The van der Waals surface area contributed by atoms with Gasteiger partial charge in [0.2, 0.25) is 17.8 Å². The smallest absolute Gasteiger partial charge is 0.368 e. The molecule has 0 atom stereocenters. The molecule has 0 radical (unpaired) electrons. The average molecular weight is 453 g/mol. The van der Waals surface area contributed by atoms with Crippen LogP contribution in [0.4, 0.5) is 42.4 Å². The summed E-state index contributed by atoms with van der Waals surface area (Å²) < 4.78 is 43.3. The van der Waals surface area contributed by atoms with Crippen molar-refractivity contribution in [1.29, 1.82) is 0 Å². The van der Waals surface area contributed by atoms with Gasteiger partial charge in [0.1, 0.15) is 18.3 Å². The Bertz CT molecular complexity index is 1430. The molecule has 0 saturated heterocycles. The van der Waals surface area contributed by atoms with Gasteiger partial charge in [0.25, 0.3) is 0 Å². The Morgan fingerprint density at radius 3 is 2.42 bits per heavy atom. The Morgan fingerprint density at radius 2 is 1.70 bits per heavy atom. The summed E-state index contributed by atoms with van der Waals surface area (Å²) in [7, 11) is 0. The van der Waals surface area contributed by atoms with Crippen LogP contribution in [-0.4, -0.2) is 39.1 Å². The first-order chi connectivity index (χ1) is 15.8. The van der Waals surface area contributed by atoms with Gasteiger partial charge in [-0.05, 0) is 24.3 Å². The van der Waals surface area contributed by atoms with Crippen LogP contribution >= 0.6 is 0 Å². The molecule has 0 aliphatic carbocycles. The standard InChI is InChI=1S/C19H14F3N11/c20-19(21,22)11-5-13(7-14(6-11)33-10-24-9-26-33)28-18-30-16(23)29-17(31-18)27-12-1-3-32-4-2-25-15(32)8-12/h1-10H,(H4,23,27,28,29,30,31). The zero-order valence-electron chi connectivity index (χ0n) is 16.6. The van der Waals surface area contributed by atoms with Gasteiger partial charge in [-0.1, -0.05) is 0 Å². The lowest BCUT2D eigenvalue weighted by molar-refractivity contribution is -0.137. The minimum atomic E-state index is -4.58. The number of nitrogens with zero attached hydrogens (tertiary/aromatic N) is 8. The van der Waals surface area contributed by atoms with E-state index in [0.29, 0.717) is 11.3 Å². The summed E-state index contributed by atoms with van der Waals surface area (Å²) >= 11 is 0. The first-order valence-electron chi connectivity index (χ1n) is 9.39. The number of rotatable bonds is 5. The number of hydrogen-bond donors (Lipinski definition) is 3. The zero-order chi connectivity index (χ0) is 23.0. The SMILES string of the molecule is Nc1nc(Nc2cc(-n3cncn3)cc(C(F)(F)F)c2)nc(Nc2ccn3ccnc3c2)n1. The molecule has 0 unspecified atom stereocenters. The number of nitrogen functional groups attached to an aromatic ring is 1. The summed E-state index contributed by atoms with van der Waals surface area (Å²) in [5.41, 5.74) is 6.46. The van der Waals surface area contributed by atoms with Crippen molar-refractivity contribution in [2.24, 2.45) is 0 Å². The van der Waals surface area contributed by atoms with Crippen LogP contribution in [0.1, 0.15) is 5.56 Å². The van der Waals surface area contributed by atoms with E-state index >= 15 is 0 Å². The first-order valence-corrected chi connectivity index (χ1v) is 9.39. The molecule has 1 aromatic carbocycles. The van der Waals surface area contributed by atoms with E-state index < -0.39 is 11.7 Å². The van der Waals surface area contributed by atoms with E-state index in [1.165, 1.54) is 23.4 Å². The molecule has 0 fully saturated rings. The van der Waals surface area contributed by atoms with Crippen molar-refractivity contribution in [3.8, 4) is 5.69 Å². The first kappa shape index (κ1) is 20.2. The van der Waals surface area contributed by atoms with Crippen molar-refractivity contribution in [2.75, 3.05) is 16.4 Å². The number of hydrogen-bond acceptors (Lipinski definition) is 9. The number of fused-ring (bicyclic) bond motifs is 1. The lowest BCUT2D eigenvalue weighted by atomic mass is 10.1. The Morgan fingerprint density at radius 1 is 0.909 bits per heavy atom. The maximum absolute atomic E-state index is 13.4. The molecule has 0 bridgehead atoms. The highest BCUT2D eigenvalue weighted by Gasteiger charge is 2.31. The Balaban J connectivity index is 1.46. The van der Waals surface area contributed by atoms with Crippen LogP contribution in [0.5, 0.6) is 0 Å². The van der Waals surface area contributed by atoms with Gasteiger partial charge >= 0.3 is 6.18 Å². The Hall–Kier alpha value is -4.75. The number of nitrogens with two attached hydrogens (primary N) is 1. The molecule has 0 aliphatic heterocycles.